The van der Waals surface area contributed by atoms with Crippen LogP contribution in [0.2, 0.25) is 0 Å². The molecule has 2 heterocycles. The molecular formula is C23H38N4O3. The number of para-hydroxylation sites is 2. The van der Waals surface area contributed by atoms with Crippen LogP contribution >= 0.6 is 0 Å². The number of nitrogens with zero attached hydrogens (tertiary/aromatic N) is 3. The third kappa shape index (κ3) is 6.25. The molecule has 0 saturated carbocycles. The van der Waals surface area contributed by atoms with Crippen molar-refractivity contribution in [3.05, 3.63) is 24.3 Å². The van der Waals surface area contributed by atoms with Gasteiger partial charge in [-0.3, -0.25) is 4.99 Å². The number of ether oxygens (including phenoxy) is 3. The van der Waals surface area contributed by atoms with E-state index in [1.807, 2.05) is 19.2 Å². The molecule has 168 valence electrons. The molecule has 1 unspecified atom stereocenters. The van der Waals surface area contributed by atoms with Gasteiger partial charge in [-0.25, -0.2) is 0 Å². The number of benzene rings is 1. The summed E-state index contributed by atoms with van der Waals surface area (Å²) in [4.78, 5) is 9.32. The van der Waals surface area contributed by atoms with Gasteiger partial charge in [0.1, 0.15) is 5.75 Å². The fourth-order valence-corrected chi connectivity index (χ4v) is 4.36. The summed E-state index contributed by atoms with van der Waals surface area (Å²) in [6.45, 7) is 6.60. The minimum atomic E-state index is 0.362. The van der Waals surface area contributed by atoms with E-state index < -0.39 is 0 Å². The van der Waals surface area contributed by atoms with Gasteiger partial charge in [0.05, 0.1) is 18.9 Å². The Morgan fingerprint density at radius 3 is 2.63 bits per heavy atom. The summed E-state index contributed by atoms with van der Waals surface area (Å²) < 4.78 is 16.6. The number of aliphatic imine (C=N–C) groups is 1. The molecule has 2 aliphatic rings. The molecule has 0 spiro atoms. The van der Waals surface area contributed by atoms with Crippen molar-refractivity contribution in [1.29, 1.82) is 0 Å². The third-order valence-electron chi connectivity index (χ3n) is 6.06. The van der Waals surface area contributed by atoms with Crippen LogP contribution in [0.25, 0.3) is 0 Å². The lowest BCUT2D eigenvalue weighted by Crippen LogP contribution is -2.48. The molecule has 0 amide bonds. The average Bonchev–Trinajstić information content (AvgIpc) is 3.27. The highest BCUT2D eigenvalue weighted by molar-refractivity contribution is 5.80. The van der Waals surface area contributed by atoms with Gasteiger partial charge < -0.3 is 29.3 Å². The fourth-order valence-electron chi connectivity index (χ4n) is 4.36. The van der Waals surface area contributed by atoms with Gasteiger partial charge in [-0.1, -0.05) is 12.1 Å². The quantitative estimate of drug-likeness (QED) is 0.378. The number of likely N-dealkylation sites (tertiary alicyclic amines) is 1. The molecule has 0 bridgehead atoms. The topological polar surface area (TPSA) is 58.6 Å². The van der Waals surface area contributed by atoms with Gasteiger partial charge in [0.25, 0.3) is 0 Å². The Kier molecular flexibility index (Phi) is 9.08. The predicted octanol–water partition coefficient (Wildman–Crippen LogP) is 2.61. The highest BCUT2D eigenvalue weighted by Gasteiger charge is 2.26. The number of piperidine rings is 1. The predicted molar refractivity (Wildman–Crippen MR) is 122 cm³/mol. The molecule has 2 saturated heterocycles. The Balaban J connectivity index is 1.40. The van der Waals surface area contributed by atoms with E-state index in [2.05, 4.69) is 32.2 Å². The zero-order valence-electron chi connectivity index (χ0n) is 18.8. The first kappa shape index (κ1) is 22.7. The molecule has 0 aromatic heterocycles. The van der Waals surface area contributed by atoms with E-state index in [1.165, 1.54) is 12.1 Å². The largest absolute Gasteiger partial charge is 0.495 e. The molecule has 1 atom stereocenters. The number of guanidine groups is 1. The van der Waals surface area contributed by atoms with Gasteiger partial charge in [-0.15, -0.1) is 0 Å². The molecule has 2 fully saturated rings. The van der Waals surface area contributed by atoms with Crippen molar-refractivity contribution in [1.82, 2.24) is 10.2 Å². The molecule has 0 aliphatic carbocycles. The number of hydrogen-bond acceptors (Lipinski definition) is 5. The standard InChI is InChI=1S/C23H38N4O3/c1-24-23(26-13-10-20(11-14-26)30-16-6-15-28-2)25-17-19-9-12-27(18-19)21-7-4-5-8-22(21)29-3/h4-5,7-8,19-20H,6,9-18H2,1-3H3,(H,24,25). The zero-order valence-corrected chi connectivity index (χ0v) is 18.8. The van der Waals surface area contributed by atoms with Crippen LogP contribution in [0.15, 0.2) is 29.3 Å². The van der Waals surface area contributed by atoms with Crippen molar-refractivity contribution >= 4 is 11.6 Å². The van der Waals surface area contributed by atoms with Gasteiger partial charge in [-0.2, -0.15) is 0 Å². The first-order valence-corrected chi connectivity index (χ1v) is 11.2. The average molecular weight is 419 g/mol. The second kappa shape index (κ2) is 12.0. The van der Waals surface area contributed by atoms with Crippen LogP contribution in [0.3, 0.4) is 0 Å². The van der Waals surface area contributed by atoms with Crippen LogP contribution in [0, 0.1) is 5.92 Å². The Bertz CT molecular complexity index is 662. The molecule has 0 radical (unpaired) electrons. The third-order valence-corrected chi connectivity index (χ3v) is 6.06. The lowest BCUT2D eigenvalue weighted by Gasteiger charge is -2.34. The summed E-state index contributed by atoms with van der Waals surface area (Å²) in [5.74, 6) is 2.58. The highest BCUT2D eigenvalue weighted by Crippen LogP contribution is 2.31. The molecule has 1 N–H and O–H groups in total. The number of rotatable bonds is 9. The summed E-state index contributed by atoms with van der Waals surface area (Å²) >= 11 is 0. The van der Waals surface area contributed by atoms with E-state index in [-0.39, 0.29) is 0 Å². The minimum Gasteiger partial charge on any atom is -0.495 e. The molecule has 7 nitrogen and oxygen atoms in total. The van der Waals surface area contributed by atoms with Crippen LogP contribution in [0.4, 0.5) is 5.69 Å². The van der Waals surface area contributed by atoms with E-state index >= 15 is 0 Å². The monoisotopic (exact) mass is 418 g/mol. The number of nitrogens with one attached hydrogen (secondary N) is 1. The molecule has 1 aromatic rings. The van der Waals surface area contributed by atoms with E-state index in [0.29, 0.717) is 12.0 Å². The van der Waals surface area contributed by atoms with Crippen molar-refractivity contribution < 1.29 is 14.2 Å². The smallest absolute Gasteiger partial charge is 0.193 e. The molecule has 3 rings (SSSR count). The summed E-state index contributed by atoms with van der Waals surface area (Å²) in [6.07, 6.45) is 4.62. The minimum absolute atomic E-state index is 0.362. The molecular weight excluding hydrogens is 380 g/mol. The number of hydrogen-bond donors (Lipinski definition) is 1. The highest BCUT2D eigenvalue weighted by atomic mass is 16.5. The van der Waals surface area contributed by atoms with Crippen molar-refractivity contribution in [2.45, 2.75) is 31.8 Å². The van der Waals surface area contributed by atoms with Gasteiger partial charge in [0.2, 0.25) is 0 Å². The maximum absolute atomic E-state index is 5.98. The van der Waals surface area contributed by atoms with Crippen LogP contribution in [0.5, 0.6) is 5.75 Å². The Labute approximate surface area is 181 Å². The summed E-state index contributed by atoms with van der Waals surface area (Å²) in [5.41, 5.74) is 1.19. The first-order valence-electron chi connectivity index (χ1n) is 11.2. The molecule has 7 heteroatoms. The van der Waals surface area contributed by atoms with Crippen molar-refractivity contribution in [2.24, 2.45) is 10.9 Å². The lowest BCUT2D eigenvalue weighted by molar-refractivity contribution is 0.00989. The Morgan fingerprint density at radius 1 is 1.10 bits per heavy atom. The maximum atomic E-state index is 5.98. The van der Waals surface area contributed by atoms with Gasteiger partial charge >= 0.3 is 0 Å². The Hall–Kier alpha value is -1.99. The molecule has 2 aliphatic heterocycles. The van der Waals surface area contributed by atoms with Crippen LogP contribution in [-0.4, -0.2) is 84.2 Å². The van der Waals surface area contributed by atoms with E-state index in [1.54, 1.807) is 14.2 Å². The van der Waals surface area contributed by atoms with E-state index in [9.17, 15) is 0 Å². The van der Waals surface area contributed by atoms with Gasteiger partial charge in [0, 0.05) is 60.1 Å². The summed E-state index contributed by atoms with van der Waals surface area (Å²) in [5, 5.41) is 3.62. The maximum Gasteiger partial charge on any atom is 0.193 e. The van der Waals surface area contributed by atoms with Crippen molar-refractivity contribution in [3.8, 4) is 5.75 Å². The second-order valence-corrected chi connectivity index (χ2v) is 8.10. The summed E-state index contributed by atoms with van der Waals surface area (Å²) in [6, 6.07) is 8.29. The number of anilines is 1. The second-order valence-electron chi connectivity index (χ2n) is 8.10. The van der Waals surface area contributed by atoms with Crippen molar-refractivity contribution in [2.75, 3.05) is 72.1 Å². The fraction of sp³-hybridized carbons (Fsp3) is 0.696. The van der Waals surface area contributed by atoms with E-state index in [0.717, 1.165) is 76.9 Å². The number of methoxy groups -OCH3 is 2. The van der Waals surface area contributed by atoms with Crippen LogP contribution in [-0.2, 0) is 9.47 Å². The summed E-state index contributed by atoms with van der Waals surface area (Å²) in [7, 11) is 5.36. The van der Waals surface area contributed by atoms with E-state index in [4.69, 9.17) is 14.2 Å². The Morgan fingerprint density at radius 2 is 1.90 bits per heavy atom. The van der Waals surface area contributed by atoms with Crippen LogP contribution < -0.4 is 15.0 Å². The molecule has 1 aromatic carbocycles. The normalized spacial score (nSPS) is 20.6. The van der Waals surface area contributed by atoms with Crippen molar-refractivity contribution in [3.63, 3.8) is 0 Å². The SMILES string of the molecule is CN=C(NCC1CCN(c2ccccc2OC)C1)N1CCC(OCCCOC)CC1. The van der Waals surface area contributed by atoms with Gasteiger partial charge in [0.15, 0.2) is 5.96 Å². The lowest BCUT2D eigenvalue weighted by atomic mass is 10.1. The van der Waals surface area contributed by atoms with Gasteiger partial charge in [-0.05, 0) is 43.7 Å². The van der Waals surface area contributed by atoms with Crippen LogP contribution in [0.1, 0.15) is 25.7 Å². The first-order chi connectivity index (χ1) is 14.7. The zero-order chi connectivity index (χ0) is 21.2. The molecule has 30 heavy (non-hydrogen) atoms.